The molecule has 0 aliphatic carbocycles. The molecule has 5 nitrogen and oxygen atoms in total. The first-order chi connectivity index (χ1) is 16.1. The van der Waals surface area contributed by atoms with Crippen molar-refractivity contribution in [3.8, 4) is 17.2 Å². The van der Waals surface area contributed by atoms with Crippen LogP contribution in [0.25, 0.3) is 11.1 Å². The highest BCUT2D eigenvalue weighted by atomic mass is 19.1. The van der Waals surface area contributed by atoms with Gasteiger partial charge in [-0.2, -0.15) is 5.26 Å². The van der Waals surface area contributed by atoms with Gasteiger partial charge in [0.15, 0.2) is 0 Å². The van der Waals surface area contributed by atoms with Gasteiger partial charge in [0.1, 0.15) is 11.9 Å². The molecule has 3 saturated heterocycles. The van der Waals surface area contributed by atoms with Crippen molar-refractivity contribution in [3.05, 3.63) is 53.3 Å². The predicted octanol–water partition coefficient (Wildman–Crippen LogP) is 4.43. The fraction of sp³-hybridized carbons (Fsp3) is 0.519. The van der Waals surface area contributed by atoms with E-state index in [0.717, 1.165) is 62.3 Å². The van der Waals surface area contributed by atoms with E-state index in [4.69, 9.17) is 15.7 Å². The lowest BCUT2D eigenvalue weighted by atomic mass is 9.96. The second-order valence-corrected chi connectivity index (χ2v) is 9.67. The lowest BCUT2D eigenvalue weighted by Gasteiger charge is -2.35. The van der Waals surface area contributed by atoms with Crippen LogP contribution in [0.5, 0.6) is 0 Å². The minimum Gasteiger partial charge on any atom is -0.378 e. The first kappa shape index (κ1) is 22.3. The average Bonchev–Trinajstić information content (AvgIpc) is 3.35. The largest absolute Gasteiger partial charge is 0.378 e. The zero-order chi connectivity index (χ0) is 22.9. The van der Waals surface area contributed by atoms with Crippen LogP contribution in [0.1, 0.15) is 50.2 Å². The molecular weight excluding hydrogens is 415 g/mol. The summed E-state index contributed by atoms with van der Waals surface area (Å²) < 4.78 is 20.3. The first-order valence-corrected chi connectivity index (χ1v) is 12.3. The van der Waals surface area contributed by atoms with E-state index < -0.39 is 5.82 Å². The van der Waals surface area contributed by atoms with Crippen LogP contribution in [0.4, 0.5) is 10.1 Å². The van der Waals surface area contributed by atoms with E-state index >= 15 is 0 Å². The van der Waals surface area contributed by atoms with Crippen LogP contribution < -0.4 is 10.6 Å². The van der Waals surface area contributed by atoms with Crippen LogP contribution in [0.15, 0.2) is 36.4 Å². The molecule has 2 aromatic carbocycles. The van der Waals surface area contributed by atoms with Gasteiger partial charge in [-0.15, -0.1) is 0 Å². The first-order valence-electron chi connectivity index (χ1n) is 12.3. The SMILES string of the molecule is CCOC1CCN(c2cc(CN3C4CCC3C(N)C4)ccc2-c2ccc(C#N)c(F)c2)CC1. The molecule has 3 atom stereocenters. The smallest absolute Gasteiger partial charge is 0.141 e. The molecule has 33 heavy (non-hydrogen) atoms. The molecule has 3 heterocycles. The number of fused-ring (bicyclic) bond motifs is 2. The maximum atomic E-state index is 14.5. The molecule has 3 aliphatic rings. The number of anilines is 1. The lowest BCUT2D eigenvalue weighted by Crippen LogP contribution is -2.38. The normalized spacial score (nSPS) is 25.5. The number of halogens is 1. The molecule has 0 amide bonds. The third-order valence-electron chi connectivity index (χ3n) is 7.74. The van der Waals surface area contributed by atoms with E-state index in [0.29, 0.717) is 24.2 Å². The topological polar surface area (TPSA) is 65.5 Å². The van der Waals surface area contributed by atoms with E-state index in [1.807, 2.05) is 19.1 Å². The third kappa shape index (κ3) is 4.38. The summed E-state index contributed by atoms with van der Waals surface area (Å²) in [5.74, 6) is -0.470. The monoisotopic (exact) mass is 448 g/mol. The minimum atomic E-state index is -0.470. The number of ether oxygens (including phenoxy) is 1. The molecule has 2 N–H and O–H groups in total. The third-order valence-corrected chi connectivity index (χ3v) is 7.74. The number of piperidine rings is 1. The zero-order valence-electron chi connectivity index (χ0n) is 19.3. The van der Waals surface area contributed by atoms with Crippen molar-refractivity contribution in [3.63, 3.8) is 0 Å². The number of hydrogen-bond donors (Lipinski definition) is 1. The number of benzene rings is 2. The van der Waals surface area contributed by atoms with Crippen LogP contribution in [-0.2, 0) is 11.3 Å². The van der Waals surface area contributed by atoms with Crippen molar-refractivity contribution in [2.45, 2.75) is 69.8 Å². The second-order valence-electron chi connectivity index (χ2n) is 9.67. The van der Waals surface area contributed by atoms with Crippen LogP contribution in [0.3, 0.4) is 0 Å². The van der Waals surface area contributed by atoms with Gasteiger partial charge < -0.3 is 15.4 Å². The Kier molecular flexibility index (Phi) is 6.38. The molecule has 5 rings (SSSR count). The highest BCUT2D eigenvalue weighted by molar-refractivity contribution is 5.79. The van der Waals surface area contributed by atoms with Gasteiger partial charge in [-0.05, 0) is 68.4 Å². The molecule has 3 aliphatic heterocycles. The number of nitrogens with two attached hydrogens (primary N) is 1. The summed E-state index contributed by atoms with van der Waals surface area (Å²) >= 11 is 0. The van der Waals surface area contributed by atoms with Gasteiger partial charge in [0.05, 0.1) is 11.7 Å². The van der Waals surface area contributed by atoms with Crippen molar-refractivity contribution in [2.24, 2.45) is 5.73 Å². The average molecular weight is 449 g/mol. The molecular formula is C27H33FN4O. The van der Waals surface area contributed by atoms with Crippen molar-refractivity contribution < 1.29 is 9.13 Å². The van der Waals surface area contributed by atoms with E-state index in [1.165, 1.54) is 24.5 Å². The highest BCUT2D eigenvalue weighted by Crippen LogP contribution is 2.39. The summed E-state index contributed by atoms with van der Waals surface area (Å²) in [6, 6.07) is 14.8. The molecule has 0 spiro atoms. The molecule has 0 saturated carbocycles. The van der Waals surface area contributed by atoms with Crippen LogP contribution >= 0.6 is 0 Å². The Morgan fingerprint density at radius 3 is 2.58 bits per heavy atom. The van der Waals surface area contributed by atoms with Gasteiger partial charge >= 0.3 is 0 Å². The van der Waals surface area contributed by atoms with E-state index in [1.54, 1.807) is 6.07 Å². The predicted molar refractivity (Wildman–Crippen MR) is 128 cm³/mol. The maximum Gasteiger partial charge on any atom is 0.141 e. The van der Waals surface area contributed by atoms with Crippen LogP contribution in [-0.4, -0.2) is 48.8 Å². The van der Waals surface area contributed by atoms with Gasteiger partial charge in [-0.3, -0.25) is 4.90 Å². The molecule has 2 bridgehead atoms. The summed E-state index contributed by atoms with van der Waals surface area (Å²) in [6.45, 7) is 5.54. The molecule has 0 radical (unpaired) electrons. The van der Waals surface area contributed by atoms with Gasteiger partial charge in [0.2, 0.25) is 0 Å². The van der Waals surface area contributed by atoms with E-state index in [2.05, 4.69) is 28.0 Å². The summed E-state index contributed by atoms with van der Waals surface area (Å²) in [4.78, 5) is 5.00. The Morgan fingerprint density at radius 1 is 1.12 bits per heavy atom. The fourth-order valence-corrected chi connectivity index (χ4v) is 6.06. The Balaban J connectivity index is 1.45. The Bertz CT molecular complexity index is 1040. The van der Waals surface area contributed by atoms with Crippen LogP contribution in [0, 0.1) is 17.1 Å². The maximum absolute atomic E-state index is 14.5. The van der Waals surface area contributed by atoms with Gasteiger partial charge in [-0.1, -0.05) is 18.2 Å². The number of nitrogens with zero attached hydrogens (tertiary/aromatic N) is 3. The summed E-state index contributed by atoms with van der Waals surface area (Å²) in [7, 11) is 0. The molecule has 6 heteroatoms. The minimum absolute atomic E-state index is 0.0790. The summed E-state index contributed by atoms with van der Waals surface area (Å²) in [5.41, 5.74) is 10.7. The molecule has 0 aromatic heterocycles. The molecule has 2 aromatic rings. The van der Waals surface area contributed by atoms with Crippen molar-refractivity contribution >= 4 is 5.69 Å². The standard InChI is InChI=1S/C27H33FN4O/c1-2-33-22-9-11-31(12-10-22)27-13-18(17-32-21-6-8-26(32)25(30)15-21)3-7-23(27)19-4-5-20(16-29)24(28)14-19/h3-5,7,13-14,21-22,25-26H,2,6,8-12,15,17,30H2,1H3. The van der Waals surface area contributed by atoms with Crippen molar-refractivity contribution in [1.29, 1.82) is 5.26 Å². The van der Waals surface area contributed by atoms with Crippen LogP contribution in [0.2, 0.25) is 0 Å². The van der Waals surface area contributed by atoms with Crippen molar-refractivity contribution in [2.75, 3.05) is 24.6 Å². The lowest BCUT2D eigenvalue weighted by molar-refractivity contribution is 0.0459. The summed E-state index contributed by atoms with van der Waals surface area (Å²) in [6.07, 6.45) is 5.84. The van der Waals surface area contributed by atoms with Gasteiger partial charge in [-0.25, -0.2) is 4.39 Å². The molecule has 3 unspecified atom stereocenters. The van der Waals surface area contributed by atoms with Gasteiger partial charge in [0, 0.05) is 55.6 Å². The fourth-order valence-electron chi connectivity index (χ4n) is 6.06. The molecule has 3 fully saturated rings. The van der Waals surface area contributed by atoms with Gasteiger partial charge in [0.25, 0.3) is 0 Å². The highest BCUT2D eigenvalue weighted by Gasteiger charge is 2.44. The Hall–Kier alpha value is -2.46. The second kappa shape index (κ2) is 9.42. The van der Waals surface area contributed by atoms with E-state index in [-0.39, 0.29) is 5.56 Å². The molecule has 174 valence electrons. The Labute approximate surface area is 195 Å². The number of hydrogen-bond acceptors (Lipinski definition) is 5. The number of nitriles is 1. The quantitative estimate of drug-likeness (QED) is 0.708. The van der Waals surface area contributed by atoms with Crippen molar-refractivity contribution in [1.82, 2.24) is 4.90 Å². The zero-order valence-corrected chi connectivity index (χ0v) is 19.3. The summed E-state index contributed by atoms with van der Waals surface area (Å²) in [5, 5.41) is 9.12. The van der Waals surface area contributed by atoms with E-state index in [9.17, 15) is 4.39 Å². The Morgan fingerprint density at radius 2 is 1.94 bits per heavy atom. The number of rotatable bonds is 6.